The van der Waals surface area contributed by atoms with Crippen LogP contribution in [-0.2, 0) is 4.79 Å². The van der Waals surface area contributed by atoms with Gasteiger partial charge in [0, 0.05) is 25.3 Å². The van der Waals surface area contributed by atoms with Crippen LogP contribution < -0.4 is 11.1 Å². The second-order valence-corrected chi connectivity index (χ2v) is 5.18. The van der Waals surface area contributed by atoms with E-state index in [2.05, 4.69) is 5.32 Å². The number of benzene rings is 1. The number of rotatable bonds is 5. The molecule has 2 amide bonds. The maximum absolute atomic E-state index is 11.9. The lowest BCUT2D eigenvalue weighted by Gasteiger charge is -2.18. The molecule has 0 saturated carbocycles. The lowest BCUT2D eigenvalue weighted by atomic mass is 9.99. The van der Waals surface area contributed by atoms with Crippen LogP contribution in [0.5, 0.6) is 0 Å². The predicted molar refractivity (Wildman–Crippen MR) is 80.5 cm³/mol. The number of nitrogens with two attached hydrogens (primary N) is 1. The second-order valence-electron chi connectivity index (χ2n) is 5.18. The average Bonchev–Trinajstić information content (AvgIpc) is 2.45. The van der Waals surface area contributed by atoms with E-state index in [0.717, 1.165) is 6.42 Å². The van der Waals surface area contributed by atoms with Gasteiger partial charge < -0.3 is 16.0 Å². The number of carbonyl (C=O) groups excluding carboxylic acids is 2. The van der Waals surface area contributed by atoms with Crippen molar-refractivity contribution in [3.05, 3.63) is 29.8 Å². The van der Waals surface area contributed by atoms with Gasteiger partial charge in [0.05, 0.1) is 6.04 Å². The van der Waals surface area contributed by atoms with Gasteiger partial charge in [0.25, 0.3) is 5.91 Å². The van der Waals surface area contributed by atoms with Crippen LogP contribution >= 0.6 is 0 Å². The Hall–Kier alpha value is -1.88. The molecule has 0 bridgehead atoms. The highest BCUT2D eigenvalue weighted by Crippen LogP contribution is 2.13. The summed E-state index contributed by atoms with van der Waals surface area (Å²) in [6, 6.07) is 6.26. The van der Waals surface area contributed by atoms with Gasteiger partial charge in [0.1, 0.15) is 0 Å². The molecule has 0 aliphatic heterocycles. The van der Waals surface area contributed by atoms with Crippen molar-refractivity contribution in [1.82, 2.24) is 4.90 Å². The zero-order valence-electron chi connectivity index (χ0n) is 12.5. The van der Waals surface area contributed by atoms with Crippen molar-refractivity contribution in [3.8, 4) is 0 Å². The van der Waals surface area contributed by atoms with E-state index < -0.39 is 6.04 Å². The molecule has 1 rings (SSSR count). The summed E-state index contributed by atoms with van der Waals surface area (Å²) in [5.41, 5.74) is 7.09. The van der Waals surface area contributed by atoms with E-state index in [1.807, 2.05) is 13.8 Å². The summed E-state index contributed by atoms with van der Waals surface area (Å²) in [6.45, 7) is 3.95. The number of amides is 2. The monoisotopic (exact) mass is 277 g/mol. The zero-order chi connectivity index (χ0) is 15.3. The summed E-state index contributed by atoms with van der Waals surface area (Å²) in [6.07, 6.45) is 0.852. The average molecular weight is 277 g/mol. The molecule has 0 spiro atoms. The van der Waals surface area contributed by atoms with E-state index in [0.29, 0.717) is 11.3 Å². The fourth-order valence-electron chi connectivity index (χ4n) is 1.69. The molecule has 5 nitrogen and oxygen atoms in total. The molecule has 5 heteroatoms. The van der Waals surface area contributed by atoms with Crippen molar-refractivity contribution in [2.75, 3.05) is 19.4 Å². The molecule has 0 heterocycles. The van der Waals surface area contributed by atoms with Gasteiger partial charge >= 0.3 is 0 Å². The van der Waals surface area contributed by atoms with E-state index in [9.17, 15) is 9.59 Å². The molecule has 0 radical (unpaired) electrons. The predicted octanol–water partition coefficient (Wildman–Crippen LogP) is 1.70. The van der Waals surface area contributed by atoms with Crippen molar-refractivity contribution in [1.29, 1.82) is 0 Å². The number of nitrogens with zero attached hydrogens (tertiary/aromatic N) is 1. The first kappa shape index (κ1) is 16.2. The summed E-state index contributed by atoms with van der Waals surface area (Å²) in [7, 11) is 3.40. The first-order chi connectivity index (χ1) is 9.36. The second kappa shape index (κ2) is 7.05. The first-order valence-electron chi connectivity index (χ1n) is 6.75. The zero-order valence-corrected chi connectivity index (χ0v) is 12.5. The molecule has 110 valence electrons. The molecule has 3 N–H and O–H groups in total. The molecule has 0 aliphatic carbocycles. The van der Waals surface area contributed by atoms with E-state index in [1.54, 1.807) is 38.4 Å². The summed E-state index contributed by atoms with van der Waals surface area (Å²) < 4.78 is 0. The molecule has 1 aromatic carbocycles. The molecular weight excluding hydrogens is 254 g/mol. The van der Waals surface area contributed by atoms with Crippen LogP contribution in [0.2, 0.25) is 0 Å². The lowest BCUT2D eigenvalue weighted by molar-refractivity contribution is -0.118. The molecule has 0 saturated heterocycles. The van der Waals surface area contributed by atoms with Crippen molar-refractivity contribution in [2.45, 2.75) is 26.3 Å². The van der Waals surface area contributed by atoms with Gasteiger partial charge in [-0.05, 0) is 30.2 Å². The van der Waals surface area contributed by atoms with E-state index in [4.69, 9.17) is 5.73 Å². The van der Waals surface area contributed by atoms with Gasteiger partial charge in [-0.25, -0.2) is 0 Å². The van der Waals surface area contributed by atoms with Gasteiger partial charge in [0.2, 0.25) is 5.91 Å². The van der Waals surface area contributed by atoms with Crippen molar-refractivity contribution >= 4 is 17.5 Å². The smallest absolute Gasteiger partial charge is 0.253 e. The minimum atomic E-state index is -0.525. The maximum Gasteiger partial charge on any atom is 0.253 e. The largest absolute Gasteiger partial charge is 0.345 e. The summed E-state index contributed by atoms with van der Waals surface area (Å²) >= 11 is 0. The Morgan fingerprint density at radius 1 is 1.25 bits per heavy atom. The number of anilines is 1. The molecule has 2 unspecified atom stereocenters. The Labute approximate surface area is 120 Å². The van der Waals surface area contributed by atoms with E-state index in [-0.39, 0.29) is 17.7 Å². The van der Waals surface area contributed by atoms with Gasteiger partial charge in [-0.2, -0.15) is 0 Å². The Balaban J connectivity index is 2.71. The van der Waals surface area contributed by atoms with Crippen LogP contribution in [0.15, 0.2) is 24.3 Å². The lowest BCUT2D eigenvalue weighted by Crippen LogP contribution is -2.40. The number of carbonyl (C=O) groups is 2. The van der Waals surface area contributed by atoms with Gasteiger partial charge in [-0.15, -0.1) is 0 Å². The standard InChI is InChI=1S/C15H23N3O2/c1-5-10(2)13(16)14(19)17-12-8-6-11(7-9-12)15(20)18(3)4/h6-10,13H,5,16H2,1-4H3,(H,17,19). The maximum atomic E-state index is 11.9. The summed E-state index contributed by atoms with van der Waals surface area (Å²) in [4.78, 5) is 25.2. The van der Waals surface area contributed by atoms with Crippen molar-refractivity contribution in [2.24, 2.45) is 11.7 Å². The van der Waals surface area contributed by atoms with E-state index in [1.165, 1.54) is 4.90 Å². The van der Waals surface area contributed by atoms with Crippen molar-refractivity contribution < 1.29 is 9.59 Å². The first-order valence-corrected chi connectivity index (χ1v) is 6.75. The minimum absolute atomic E-state index is 0.0702. The normalized spacial score (nSPS) is 13.4. The topological polar surface area (TPSA) is 75.4 Å². The highest BCUT2D eigenvalue weighted by molar-refractivity contribution is 5.97. The molecule has 0 aromatic heterocycles. The molecule has 2 atom stereocenters. The van der Waals surface area contributed by atoms with Crippen molar-refractivity contribution in [3.63, 3.8) is 0 Å². The quantitative estimate of drug-likeness (QED) is 0.860. The fourth-order valence-corrected chi connectivity index (χ4v) is 1.69. The SMILES string of the molecule is CCC(C)C(N)C(=O)Nc1ccc(C(=O)N(C)C)cc1. The Kier molecular flexibility index (Phi) is 5.70. The third-order valence-corrected chi connectivity index (χ3v) is 3.37. The minimum Gasteiger partial charge on any atom is -0.345 e. The molecule has 20 heavy (non-hydrogen) atoms. The third kappa shape index (κ3) is 4.06. The Morgan fingerprint density at radius 3 is 2.25 bits per heavy atom. The Bertz CT molecular complexity index is 469. The molecule has 1 aromatic rings. The van der Waals surface area contributed by atoms with Crippen LogP contribution in [0, 0.1) is 5.92 Å². The van der Waals surface area contributed by atoms with Crippen LogP contribution in [-0.4, -0.2) is 36.9 Å². The number of hydrogen-bond acceptors (Lipinski definition) is 3. The van der Waals surface area contributed by atoms with Crippen LogP contribution in [0.25, 0.3) is 0 Å². The number of nitrogens with one attached hydrogen (secondary N) is 1. The van der Waals surface area contributed by atoms with Gasteiger partial charge in [-0.3, -0.25) is 9.59 Å². The Morgan fingerprint density at radius 2 is 1.80 bits per heavy atom. The molecule has 0 aliphatic rings. The number of hydrogen-bond donors (Lipinski definition) is 2. The van der Waals surface area contributed by atoms with E-state index >= 15 is 0 Å². The van der Waals surface area contributed by atoms with Gasteiger partial charge in [-0.1, -0.05) is 20.3 Å². The molecule has 0 fully saturated rings. The van der Waals surface area contributed by atoms with Crippen LogP contribution in [0.4, 0.5) is 5.69 Å². The third-order valence-electron chi connectivity index (χ3n) is 3.37. The summed E-state index contributed by atoms with van der Waals surface area (Å²) in [5, 5.41) is 2.76. The molecular formula is C15H23N3O2. The summed E-state index contributed by atoms with van der Waals surface area (Å²) in [5.74, 6) is -0.144. The fraction of sp³-hybridized carbons (Fsp3) is 0.467. The van der Waals surface area contributed by atoms with Gasteiger partial charge in [0.15, 0.2) is 0 Å². The van der Waals surface area contributed by atoms with Crippen LogP contribution in [0.3, 0.4) is 0 Å². The highest BCUT2D eigenvalue weighted by atomic mass is 16.2. The van der Waals surface area contributed by atoms with Crippen LogP contribution in [0.1, 0.15) is 30.6 Å². The highest BCUT2D eigenvalue weighted by Gasteiger charge is 2.19.